The van der Waals surface area contributed by atoms with E-state index in [9.17, 15) is 4.79 Å². The van der Waals surface area contributed by atoms with Gasteiger partial charge in [-0.15, -0.1) is 0 Å². The SMILES string of the molecule is CCC(C)OC(=O)/C=C/c1ccc(-c2ccccc2)cc1. The van der Waals surface area contributed by atoms with Gasteiger partial charge in [0, 0.05) is 6.08 Å². The number of hydrogen-bond acceptors (Lipinski definition) is 2. The van der Waals surface area contributed by atoms with Crippen LogP contribution in [0.2, 0.25) is 0 Å². The zero-order chi connectivity index (χ0) is 15.1. The van der Waals surface area contributed by atoms with Gasteiger partial charge in [0.2, 0.25) is 0 Å². The zero-order valence-electron chi connectivity index (χ0n) is 12.5. The second-order valence-corrected chi connectivity index (χ2v) is 4.98. The summed E-state index contributed by atoms with van der Waals surface area (Å²) in [5.41, 5.74) is 3.33. The van der Waals surface area contributed by atoms with E-state index in [1.807, 2.05) is 44.2 Å². The van der Waals surface area contributed by atoms with E-state index in [2.05, 4.69) is 24.3 Å². The standard InChI is InChI=1S/C19H20O2/c1-3-15(2)21-19(20)14-11-16-9-12-18(13-10-16)17-7-5-4-6-8-17/h4-15H,3H2,1-2H3/b14-11+. The number of carbonyl (C=O) groups is 1. The van der Waals surface area contributed by atoms with Crippen molar-refractivity contribution in [2.24, 2.45) is 0 Å². The highest BCUT2D eigenvalue weighted by atomic mass is 16.5. The molecule has 0 aliphatic heterocycles. The number of ether oxygens (including phenoxy) is 1. The maximum atomic E-state index is 11.6. The van der Waals surface area contributed by atoms with E-state index in [0.29, 0.717) is 0 Å². The molecule has 2 aromatic carbocycles. The van der Waals surface area contributed by atoms with E-state index in [4.69, 9.17) is 4.74 Å². The van der Waals surface area contributed by atoms with Gasteiger partial charge in [-0.05, 0) is 36.1 Å². The van der Waals surface area contributed by atoms with Crippen molar-refractivity contribution >= 4 is 12.0 Å². The van der Waals surface area contributed by atoms with E-state index in [0.717, 1.165) is 17.5 Å². The molecule has 0 saturated carbocycles. The van der Waals surface area contributed by atoms with Gasteiger partial charge in [0.25, 0.3) is 0 Å². The van der Waals surface area contributed by atoms with Crippen molar-refractivity contribution in [2.45, 2.75) is 26.4 Å². The van der Waals surface area contributed by atoms with Gasteiger partial charge in [-0.3, -0.25) is 0 Å². The highest BCUT2D eigenvalue weighted by molar-refractivity contribution is 5.87. The van der Waals surface area contributed by atoms with Crippen molar-refractivity contribution in [1.82, 2.24) is 0 Å². The third kappa shape index (κ3) is 4.60. The molecule has 2 aromatic rings. The number of carbonyl (C=O) groups excluding carboxylic acids is 1. The van der Waals surface area contributed by atoms with Crippen molar-refractivity contribution in [3.63, 3.8) is 0 Å². The van der Waals surface area contributed by atoms with Crippen LogP contribution < -0.4 is 0 Å². The fourth-order valence-electron chi connectivity index (χ4n) is 1.90. The molecule has 1 unspecified atom stereocenters. The van der Waals surface area contributed by atoms with Gasteiger partial charge in [0.15, 0.2) is 0 Å². The molecule has 0 amide bonds. The number of benzene rings is 2. The predicted octanol–water partition coefficient (Wildman–Crippen LogP) is 4.71. The molecule has 0 N–H and O–H groups in total. The maximum Gasteiger partial charge on any atom is 0.331 e. The number of hydrogen-bond donors (Lipinski definition) is 0. The smallest absolute Gasteiger partial charge is 0.331 e. The summed E-state index contributed by atoms with van der Waals surface area (Å²) in [7, 11) is 0. The Bertz CT molecular complexity index is 597. The molecule has 0 aromatic heterocycles. The van der Waals surface area contributed by atoms with Gasteiger partial charge >= 0.3 is 5.97 Å². The Morgan fingerprint density at radius 2 is 1.67 bits per heavy atom. The Morgan fingerprint density at radius 3 is 2.29 bits per heavy atom. The minimum Gasteiger partial charge on any atom is -0.460 e. The van der Waals surface area contributed by atoms with Crippen LogP contribution in [0.5, 0.6) is 0 Å². The first kappa shape index (κ1) is 15.0. The Labute approximate surface area is 126 Å². The van der Waals surface area contributed by atoms with Crippen LogP contribution in [0.1, 0.15) is 25.8 Å². The molecule has 2 rings (SSSR count). The van der Waals surface area contributed by atoms with Crippen LogP contribution in [0.3, 0.4) is 0 Å². The first-order chi connectivity index (χ1) is 10.2. The van der Waals surface area contributed by atoms with E-state index >= 15 is 0 Å². The monoisotopic (exact) mass is 280 g/mol. The largest absolute Gasteiger partial charge is 0.460 e. The summed E-state index contributed by atoms with van der Waals surface area (Å²) in [6.45, 7) is 3.88. The Kier molecular flexibility index (Phi) is 5.33. The molecule has 0 aliphatic carbocycles. The van der Waals surface area contributed by atoms with Crippen LogP contribution in [0.25, 0.3) is 17.2 Å². The lowest BCUT2D eigenvalue weighted by atomic mass is 10.0. The van der Waals surface area contributed by atoms with Crippen LogP contribution in [-0.4, -0.2) is 12.1 Å². The molecular weight excluding hydrogens is 260 g/mol. The molecule has 0 radical (unpaired) electrons. The van der Waals surface area contributed by atoms with Gasteiger partial charge in [-0.1, -0.05) is 61.5 Å². The summed E-state index contributed by atoms with van der Waals surface area (Å²) >= 11 is 0. The molecule has 108 valence electrons. The van der Waals surface area contributed by atoms with Crippen molar-refractivity contribution in [1.29, 1.82) is 0 Å². The molecule has 0 saturated heterocycles. The summed E-state index contributed by atoms with van der Waals surface area (Å²) < 4.78 is 5.19. The Balaban J connectivity index is 2.01. The van der Waals surface area contributed by atoms with Gasteiger partial charge < -0.3 is 4.74 Å². The summed E-state index contributed by atoms with van der Waals surface area (Å²) in [4.78, 5) is 11.6. The lowest BCUT2D eigenvalue weighted by molar-refractivity contribution is -0.142. The van der Waals surface area contributed by atoms with E-state index in [-0.39, 0.29) is 12.1 Å². The van der Waals surface area contributed by atoms with Gasteiger partial charge in [-0.2, -0.15) is 0 Å². The Hall–Kier alpha value is -2.35. The maximum absolute atomic E-state index is 11.6. The first-order valence-corrected chi connectivity index (χ1v) is 7.23. The zero-order valence-corrected chi connectivity index (χ0v) is 12.5. The average Bonchev–Trinajstić information content (AvgIpc) is 2.54. The minimum absolute atomic E-state index is 0.0393. The van der Waals surface area contributed by atoms with Crippen LogP contribution in [0.15, 0.2) is 60.7 Å². The Morgan fingerprint density at radius 1 is 1.05 bits per heavy atom. The minimum atomic E-state index is -0.295. The number of esters is 1. The molecule has 2 nitrogen and oxygen atoms in total. The highest BCUT2D eigenvalue weighted by Gasteiger charge is 2.03. The van der Waals surface area contributed by atoms with Crippen LogP contribution in [-0.2, 0) is 9.53 Å². The van der Waals surface area contributed by atoms with Crippen LogP contribution in [0.4, 0.5) is 0 Å². The molecular formula is C19H20O2. The third-order valence-electron chi connectivity index (χ3n) is 3.32. The second kappa shape index (κ2) is 7.44. The lowest BCUT2D eigenvalue weighted by Gasteiger charge is -2.07. The van der Waals surface area contributed by atoms with E-state index < -0.39 is 0 Å². The highest BCUT2D eigenvalue weighted by Crippen LogP contribution is 2.19. The van der Waals surface area contributed by atoms with Crippen LogP contribution in [0, 0.1) is 0 Å². The fraction of sp³-hybridized carbons (Fsp3) is 0.211. The molecule has 0 aliphatic rings. The molecule has 2 heteroatoms. The summed E-state index contributed by atoms with van der Waals surface area (Å²) in [6, 6.07) is 18.3. The van der Waals surface area contributed by atoms with E-state index in [1.54, 1.807) is 6.08 Å². The quantitative estimate of drug-likeness (QED) is 0.585. The molecule has 21 heavy (non-hydrogen) atoms. The van der Waals surface area contributed by atoms with E-state index in [1.165, 1.54) is 11.6 Å². The molecule has 0 fully saturated rings. The van der Waals surface area contributed by atoms with Gasteiger partial charge in [-0.25, -0.2) is 4.79 Å². The lowest BCUT2D eigenvalue weighted by Crippen LogP contribution is -2.11. The molecule has 0 bridgehead atoms. The summed E-state index contributed by atoms with van der Waals surface area (Å²) in [5.74, 6) is -0.295. The topological polar surface area (TPSA) is 26.3 Å². The molecule has 1 atom stereocenters. The summed E-state index contributed by atoms with van der Waals surface area (Å²) in [6.07, 6.45) is 4.04. The molecule has 0 spiro atoms. The van der Waals surface area contributed by atoms with Gasteiger partial charge in [0.1, 0.15) is 0 Å². The summed E-state index contributed by atoms with van der Waals surface area (Å²) in [5, 5.41) is 0. The normalized spacial score (nSPS) is 12.3. The molecule has 0 heterocycles. The second-order valence-electron chi connectivity index (χ2n) is 4.98. The van der Waals surface area contributed by atoms with Crippen molar-refractivity contribution in [3.8, 4) is 11.1 Å². The van der Waals surface area contributed by atoms with Crippen molar-refractivity contribution in [2.75, 3.05) is 0 Å². The van der Waals surface area contributed by atoms with Crippen molar-refractivity contribution < 1.29 is 9.53 Å². The first-order valence-electron chi connectivity index (χ1n) is 7.23. The van der Waals surface area contributed by atoms with Gasteiger partial charge in [0.05, 0.1) is 6.10 Å². The fourth-order valence-corrected chi connectivity index (χ4v) is 1.90. The number of rotatable bonds is 5. The van der Waals surface area contributed by atoms with Crippen molar-refractivity contribution in [3.05, 3.63) is 66.2 Å². The average molecular weight is 280 g/mol. The third-order valence-corrected chi connectivity index (χ3v) is 3.32. The predicted molar refractivity (Wildman–Crippen MR) is 86.8 cm³/mol. The van der Waals surface area contributed by atoms with Crippen LogP contribution >= 0.6 is 0 Å².